The Labute approximate surface area is 124 Å². The molecule has 0 bridgehead atoms. The Kier molecular flexibility index (Phi) is 4.90. The predicted octanol–water partition coefficient (Wildman–Crippen LogP) is 1.78. The molecule has 0 aromatic heterocycles. The monoisotopic (exact) mass is 294 g/mol. The number of nitrogens with one attached hydrogen (secondary N) is 1. The van der Waals surface area contributed by atoms with E-state index in [-0.39, 0.29) is 17.9 Å². The maximum absolute atomic E-state index is 12.3. The van der Waals surface area contributed by atoms with Crippen LogP contribution in [0.1, 0.15) is 19.3 Å². The molecule has 1 aliphatic carbocycles. The van der Waals surface area contributed by atoms with E-state index in [0.29, 0.717) is 22.9 Å². The largest absolute Gasteiger partial charge is 0.493 e. The molecule has 1 amide bonds. The lowest BCUT2D eigenvalue weighted by molar-refractivity contribution is -0.119. The Morgan fingerprint density at radius 2 is 1.86 bits per heavy atom. The lowest BCUT2D eigenvalue weighted by Gasteiger charge is -2.17. The Morgan fingerprint density at radius 3 is 2.38 bits per heavy atom. The second-order valence-electron chi connectivity index (χ2n) is 5.14. The minimum atomic E-state index is -0.0437. The van der Waals surface area contributed by atoms with Gasteiger partial charge in [0.2, 0.25) is 11.7 Å². The van der Waals surface area contributed by atoms with Crippen LogP contribution in [0.2, 0.25) is 0 Å². The summed E-state index contributed by atoms with van der Waals surface area (Å²) in [4.78, 5) is 12.3. The van der Waals surface area contributed by atoms with E-state index < -0.39 is 0 Å². The predicted molar refractivity (Wildman–Crippen MR) is 80.0 cm³/mol. The first-order valence-electron chi connectivity index (χ1n) is 6.96. The van der Waals surface area contributed by atoms with Gasteiger partial charge in [0.25, 0.3) is 0 Å². The smallest absolute Gasteiger partial charge is 0.227 e. The number of anilines is 1. The molecule has 3 N–H and O–H groups in total. The standard InChI is InChI=1S/C15H22N2O4/c1-19-12-7-6-11(13(20-2)14(12)21-3)17-15(18)9-4-5-10(16)8-9/h6-7,9-10H,4-5,8,16H2,1-3H3,(H,17,18). The van der Waals surface area contributed by atoms with E-state index in [9.17, 15) is 4.79 Å². The van der Waals surface area contributed by atoms with E-state index in [4.69, 9.17) is 19.9 Å². The summed E-state index contributed by atoms with van der Waals surface area (Å²) in [5.41, 5.74) is 6.42. The second kappa shape index (κ2) is 6.67. The lowest BCUT2D eigenvalue weighted by atomic mass is 10.1. The van der Waals surface area contributed by atoms with Gasteiger partial charge in [0.05, 0.1) is 27.0 Å². The minimum Gasteiger partial charge on any atom is -0.493 e. The highest BCUT2D eigenvalue weighted by Crippen LogP contribution is 2.43. The molecule has 1 aromatic carbocycles. The summed E-state index contributed by atoms with van der Waals surface area (Å²) >= 11 is 0. The fourth-order valence-electron chi connectivity index (χ4n) is 2.69. The lowest BCUT2D eigenvalue weighted by Crippen LogP contribution is -2.23. The van der Waals surface area contributed by atoms with Crippen LogP contribution in [0.15, 0.2) is 12.1 Å². The van der Waals surface area contributed by atoms with Gasteiger partial charge in [0.1, 0.15) is 0 Å². The number of benzene rings is 1. The summed E-state index contributed by atoms with van der Waals surface area (Å²) in [6.07, 6.45) is 2.44. The number of carbonyl (C=O) groups is 1. The van der Waals surface area contributed by atoms with Crippen molar-refractivity contribution in [1.82, 2.24) is 0 Å². The highest BCUT2D eigenvalue weighted by molar-refractivity contribution is 5.95. The third kappa shape index (κ3) is 3.21. The topological polar surface area (TPSA) is 82.8 Å². The molecular weight excluding hydrogens is 272 g/mol. The van der Waals surface area contributed by atoms with Crippen molar-refractivity contribution in [2.24, 2.45) is 11.7 Å². The van der Waals surface area contributed by atoms with Gasteiger partial charge in [-0.25, -0.2) is 0 Å². The molecule has 1 saturated carbocycles. The van der Waals surface area contributed by atoms with Crippen molar-refractivity contribution >= 4 is 11.6 Å². The molecular formula is C15H22N2O4. The fraction of sp³-hybridized carbons (Fsp3) is 0.533. The fourth-order valence-corrected chi connectivity index (χ4v) is 2.69. The summed E-state index contributed by atoms with van der Waals surface area (Å²) < 4.78 is 15.9. The van der Waals surface area contributed by atoms with Crippen molar-refractivity contribution < 1.29 is 19.0 Å². The first-order chi connectivity index (χ1) is 10.1. The molecule has 116 valence electrons. The zero-order valence-electron chi connectivity index (χ0n) is 12.6. The summed E-state index contributed by atoms with van der Waals surface area (Å²) in [5.74, 6) is 1.38. The Bertz CT molecular complexity index is 519. The van der Waals surface area contributed by atoms with Crippen LogP contribution in [-0.2, 0) is 4.79 Å². The molecule has 1 fully saturated rings. The van der Waals surface area contributed by atoms with E-state index in [1.807, 2.05) is 0 Å². The summed E-state index contributed by atoms with van der Waals surface area (Å²) in [6, 6.07) is 3.60. The molecule has 0 spiro atoms. The van der Waals surface area contributed by atoms with Crippen molar-refractivity contribution in [3.8, 4) is 17.2 Å². The third-order valence-electron chi connectivity index (χ3n) is 3.81. The summed E-state index contributed by atoms with van der Waals surface area (Å²) in [5, 5.41) is 2.89. The van der Waals surface area contributed by atoms with Gasteiger partial charge in [-0.3, -0.25) is 4.79 Å². The molecule has 6 nitrogen and oxygen atoms in total. The van der Waals surface area contributed by atoms with Crippen molar-refractivity contribution in [1.29, 1.82) is 0 Å². The zero-order chi connectivity index (χ0) is 15.4. The molecule has 2 atom stereocenters. The number of hydrogen-bond donors (Lipinski definition) is 2. The zero-order valence-corrected chi connectivity index (χ0v) is 12.6. The van der Waals surface area contributed by atoms with E-state index in [2.05, 4.69) is 5.32 Å². The summed E-state index contributed by atoms with van der Waals surface area (Å²) in [7, 11) is 4.61. The van der Waals surface area contributed by atoms with Crippen LogP contribution < -0.4 is 25.3 Å². The van der Waals surface area contributed by atoms with Gasteiger partial charge in [-0.2, -0.15) is 0 Å². The number of methoxy groups -OCH3 is 3. The first-order valence-corrected chi connectivity index (χ1v) is 6.96. The SMILES string of the molecule is COc1ccc(NC(=O)C2CCC(N)C2)c(OC)c1OC. The van der Waals surface area contributed by atoms with Crippen molar-refractivity contribution in [2.45, 2.75) is 25.3 Å². The van der Waals surface area contributed by atoms with E-state index in [1.165, 1.54) is 14.2 Å². The summed E-state index contributed by atoms with van der Waals surface area (Å²) in [6.45, 7) is 0. The molecule has 2 unspecified atom stereocenters. The molecule has 2 rings (SSSR count). The third-order valence-corrected chi connectivity index (χ3v) is 3.81. The van der Waals surface area contributed by atoms with Crippen LogP contribution in [0.25, 0.3) is 0 Å². The normalized spacial score (nSPS) is 21.0. The molecule has 0 radical (unpaired) electrons. The Morgan fingerprint density at radius 1 is 1.14 bits per heavy atom. The maximum atomic E-state index is 12.3. The highest BCUT2D eigenvalue weighted by Gasteiger charge is 2.28. The average Bonchev–Trinajstić information content (AvgIpc) is 2.93. The van der Waals surface area contributed by atoms with Crippen LogP contribution >= 0.6 is 0 Å². The van der Waals surface area contributed by atoms with E-state index in [1.54, 1.807) is 19.2 Å². The number of carbonyl (C=O) groups excluding carboxylic acids is 1. The van der Waals surface area contributed by atoms with Crippen LogP contribution in [0.4, 0.5) is 5.69 Å². The molecule has 0 heterocycles. The van der Waals surface area contributed by atoms with Crippen LogP contribution in [-0.4, -0.2) is 33.3 Å². The van der Waals surface area contributed by atoms with Crippen LogP contribution in [0, 0.1) is 5.92 Å². The maximum Gasteiger partial charge on any atom is 0.227 e. The van der Waals surface area contributed by atoms with Gasteiger partial charge in [0.15, 0.2) is 11.5 Å². The first kappa shape index (κ1) is 15.4. The van der Waals surface area contributed by atoms with Gasteiger partial charge in [-0.15, -0.1) is 0 Å². The molecule has 1 aromatic rings. The highest BCUT2D eigenvalue weighted by atomic mass is 16.5. The molecule has 6 heteroatoms. The number of hydrogen-bond acceptors (Lipinski definition) is 5. The quantitative estimate of drug-likeness (QED) is 0.865. The van der Waals surface area contributed by atoms with Gasteiger partial charge < -0.3 is 25.3 Å². The van der Waals surface area contributed by atoms with E-state index in [0.717, 1.165) is 19.3 Å². The van der Waals surface area contributed by atoms with E-state index >= 15 is 0 Å². The molecule has 1 aliphatic rings. The molecule has 21 heavy (non-hydrogen) atoms. The van der Waals surface area contributed by atoms with Gasteiger partial charge in [-0.05, 0) is 31.4 Å². The van der Waals surface area contributed by atoms with Crippen molar-refractivity contribution in [2.75, 3.05) is 26.6 Å². The van der Waals surface area contributed by atoms with Crippen LogP contribution in [0.3, 0.4) is 0 Å². The van der Waals surface area contributed by atoms with Gasteiger partial charge in [-0.1, -0.05) is 0 Å². The number of amides is 1. The van der Waals surface area contributed by atoms with Gasteiger partial charge >= 0.3 is 0 Å². The molecule has 0 saturated heterocycles. The average molecular weight is 294 g/mol. The Balaban J connectivity index is 2.21. The van der Waals surface area contributed by atoms with Crippen molar-refractivity contribution in [3.05, 3.63) is 12.1 Å². The number of rotatable bonds is 5. The van der Waals surface area contributed by atoms with Crippen LogP contribution in [0.5, 0.6) is 17.2 Å². The molecule has 0 aliphatic heterocycles. The number of ether oxygens (including phenoxy) is 3. The second-order valence-corrected chi connectivity index (χ2v) is 5.14. The minimum absolute atomic E-state index is 0.0338. The van der Waals surface area contributed by atoms with Crippen molar-refractivity contribution in [3.63, 3.8) is 0 Å². The Hall–Kier alpha value is -1.95. The number of nitrogens with two attached hydrogens (primary N) is 1. The van der Waals surface area contributed by atoms with Gasteiger partial charge in [0, 0.05) is 12.0 Å².